The fraction of sp³-hybridized carbons (Fsp3) is 0.450. The molecule has 1 aromatic rings. The van der Waals surface area contributed by atoms with Crippen molar-refractivity contribution in [3.05, 3.63) is 42.0 Å². The van der Waals surface area contributed by atoms with Gasteiger partial charge in [-0.1, -0.05) is 52.0 Å². The van der Waals surface area contributed by atoms with E-state index in [0.29, 0.717) is 11.8 Å². The Bertz CT molecular complexity index is 607. The first-order chi connectivity index (χ1) is 11.5. The van der Waals surface area contributed by atoms with Crippen molar-refractivity contribution in [3.8, 4) is 11.5 Å². The summed E-state index contributed by atoms with van der Waals surface area (Å²) in [5, 5.41) is 0. The summed E-state index contributed by atoms with van der Waals surface area (Å²) in [6.45, 7) is 10.4. The van der Waals surface area contributed by atoms with E-state index in [0.717, 1.165) is 30.2 Å². The molecule has 0 aliphatic carbocycles. The second-order valence-electron chi connectivity index (χ2n) is 6.86. The Balaban J connectivity index is 1.94. The van der Waals surface area contributed by atoms with Crippen LogP contribution in [0.5, 0.6) is 11.5 Å². The number of carbonyl (C=O) groups excluding carboxylic acids is 1. The molecule has 0 aromatic heterocycles. The SMILES string of the molecule is CC(C)CN(CC(C)C)C(=O)C=CC=Cc1ccc2c(c1)OCO2. The first-order valence-electron chi connectivity index (χ1n) is 8.49. The summed E-state index contributed by atoms with van der Waals surface area (Å²) in [4.78, 5) is 14.3. The first-order valence-corrected chi connectivity index (χ1v) is 8.49. The zero-order valence-corrected chi connectivity index (χ0v) is 15.0. The van der Waals surface area contributed by atoms with Crippen molar-refractivity contribution >= 4 is 12.0 Å². The van der Waals surface area contributed by atoms with Gasteiger partial charge in [0.2, 0.25) is 12.7 Å². The van der Waals surface area contributed by atoms with E-state index in [1.54, 1.807) is 12.2 Å². The van der Waals surface area contributed by atoms with Gasteiger partial charge in [0, 0.05) is 19.2 Å². The van der Waals surface area contributed by atoms with E-state index in [-0.39, 0.29) is 12.7 Å². The molecule has 0 unspecified atom stereocenters. The maximum absolute atomic E-state index is 12.3. The Morgan fingerprint density at radius 3 is 2.42 bits per heavy atom. The van der Waals surface area contributed by atoms with Crippen LogP contribution in [-0.2, 0) is 4.79 Å². The number of amides is 1. The minimum absolute atomic E-state index is 0.0627. The van der Waals surface area contributed by atoms with Gasteiger partial charge in [-0.25, -0.2) is 0 Å². The zero-order chi connectivity index (χ0) is 17.5. The number of nitrogens with zero attached hydrogens (tertiary/aromatic N) is 1. The molecule has 1 heterocycles. The smallest absolute Gasteiger partial charge is 0.246 e. The molecule has 0 spiro atoms. The van der Waals surface area contributed by atoms with Crippen LogP contribution in [0.25, 0.3) is 6.08 Å². The van der Waals surface area contributed by atoms with Crippen LogP contribution in [0.2, 0.25) is 0 Å². The fourth-order valence-corrected chi connectivity index (χ4v) is 2.56. The molecule has 0 fully saturated rings. The van der Waals surface area contributed by atoms with Crippen molar-refractivity contribution in [1.82, 2.24) is 4.90 Å². The minimum Gasteiger partial charge on any atom is -0.454 e. The van der Waals surface area contributed by atoms with Gasteiger partial charge in [0.15, 0.2) is 11.5 Å². The van der Waals surface area contributed by atoms with Crippen LogP contribution in [0.3, 0.4) is 0 Å². The number of fused-ring (bicyclic) bond motifs is 1. The van der Waals surface area contributed by atoms with Gasteiger partial charge in [-0.3, -0.25) is 4.79 Å². The summed E-state index contributed by atoms with van der Waals surface area (Å²) >= 11 is 0. The number of hydrogen-bond acceptors (Lipinski definition) is 3. The van der Waals surface area contributed by atoms with Crippen LogP contribution in [-0.4, -0.2) is 30.7 Å². The molecule has 1 amide bonds. The summed E-state index contributed by atoms with van der Waals surface area (Å²) in [6.07, 6.45) is 7.24. The molecular weight excluding hydrogens is 302 g/mol. The van der Waals surface area contributed by atoms with Gasteiger partial charge in [-0.2, -0.15) is 0 Å². The van der Waals surface area contributed by atoms with Gasteiger partial charge in [0.1, 0.15) is 0 Å². The third-order valence-corrected chi connectivity index (χ3v) is 3.52. The number of allylic oxidation sites excluding steroid dienone is 2. The predicted molar refractivity (Wildman–Crippen MR) is 97.0 cm³/mol. The lowest BCUT2D eigenvalue weighted by Crippen LogP contribution is -2.35. The van der Waals surface area contributed by atoms with Gasteiger partial charge < -0.3 is 14.4 Å². The Hall–Kier alpha value is -2.23. The van der Waals surface area contributed by atoms with Gasteiger partial charge >= 0.3 is 0 Å². The van der Waals surface area contributed by atoms with E-state index in [1.807, 2.05) is 35.3 Å². The minimum atomic E-state index is 0.0627. The lowest BCUT2D eigenvalue weighted by Gasteiger charge is -2.25. The summed E-state index contributed by atoms with van der Waals surface area (Å²) in [5.41, 5.74) is 1.01. The fourth-order valence-electron chi connectivity index (χ4n) is 2.56. The van der Waals surface area contributed by atoms with Crippen LogP contribution in [0, 0.1) is 11.8 Å². The molecule has 1 aliphatic rings. The lowest BCUT2D eigenvalue weighted by molar-refractivity contribution is -0.127. The Morgan fingerprint density at radius 2 is 1.75 bits per heavy atom. The van der Waals surface area contributed by atoms with E-state index in [9.17, 15) is 4.79 Å². The normalized spacial score (nSPS) is 13.6. The molecule has 24 heavy (non-hydrogen) atoms. The Labute approximate surface area is 144 Å². The second-order valence-corrected chi connectivity index (χ2v) is 6.86. The topological polar surface area (TPSA) is 38.8 Å². The van der Waals surface area contributed by atoms with Crippen LogP contribution >= 0.6 is 0 Å². The monoisotopic (exact) mass is 329 g/mol. The van der Waals surface area contributed by atoms with Crippen molar-refractivity contribution in [2.45, 2.75) is 27.7 Å². The third-order valence-electron chi connectivity index (χ3n) is 3.52. The van der Waals surface area contributed by atoms with Crippen LogP contribution < -0.4 is 9.47 Å². The Morgan fingerprint density at radius 1 is 1.08 bits per heavy atom. The highest BCUT2D eigenvalue weighted by Gasteiger charge is 2.14. The number of ether oxygens (including phenoxy) is 2. The van der Waals surface area contributed by atoms with Crippen molar-refractivity contribution in [1.29, 1.82) is 0 Å². The summed E-state index contributed by atoms with van der Waals surface area (Å²) in [7, 11) is 0. The number of hydrogen-bond donors (Lipinski definition) is 0. The summed E-state index contributed by atoms with van der Waals surface area (Å²) in [5.74, 6) is 2.52. The number of benzene rings is 1. The highest BCUT2D eigenvalue weighted by atomic mass is 16.7. The summed E-state index contributed by atoms with van der Waals surface area (Å²) < 4.78 is 10.6. The largest absolute Gasteiger partial charge is 0.454 e. The maximum Gasteiger partial charge on any atom is 0.246 e. The molecule has 130 valence electrons. The molecule has 0 N–H and O–H groups in total. The lowest BCUT2D eigenvalue weighted by atomic mass is 10.1. The zero-order valence-electron chi connectivity index (χ0n) is 15.0. The Kier molecular flexibility index (Phi) is 6.47. The quantitative estimate of drug-likeness (QED) is 0.558. The van der Waals surface area contributed by atoms with Gasteiger partial charge in [-0.15, -0.1) is 0 Å². The van der Waals surface area contributed by atoms with Crippen LogP contribution in [0.15, 0.2) is 36.4 Å². The molecule has 0 saturated carbocycles. The third kappa shape index (κ3) is 5.44. The predicted octanol–water partition coefficient (Wildman–Crippen LogP) is 4.13. The maximum atomic E-state index is 12.3. The molecule has 0 bridgehead atoms. The molecule has 4 nitrogen and oxygen atoms in total. The van der Waals surface area contributed by atoms with Gasteiger partial charge in [0.25, 0.3) is 0 Å². The highest BCUT2D eigenvalue weighted by Crippen LogP contribution is 2.32. The van der Waals surface area contributed by atoms with Crippen molar-refractivity contribution in [3.63, 3.8) is 0 Å². The number of rotatable bonds is 7. The first kappa shape index (κ1) is 18.1. The molecule has 2 rings (SSSR count). The van der Waals surface area contributed by atoms with Crippen LogP contribution in [0.1, 0.15) is 33.3 Å². The standard InChI is InChI=1S/C20H27NO3/c1-15(2)12-21(13-16(3)4)20(22)8-6-5-7-17-9-10-18-19(11-17)24-14-23-18/h5-11,15-16H,12-14H2,1-4H3. The average Bonchev–Trinajstić information content (AvgIpc) is 2.97. The van der Waals surface area contributed by atoms with Crippen molar-refractivity contribution in [2.24, 2.45) is 11.8 Å². The molecule has 1 aromatic carbocycles. The number of carbonyl (C=O) groups is 1. The highest BCUT2D eigenvalue weighted by molar-refractivity contribution is 5.88. The van der Waals surface area contributed by atoms with E-state index in [2.05, 4.69) is 27.7 Å². The van der Waals surface area contributed by atoms with Gasteiger partial charge in [-0.05, 0) is 29.5 Å². The molecular formula is C20H27NO3. The molecule has 1 aliphatic heterocycles. The summed E-state index contributed by atoms with van der Waals surface area (Å²) in [6, 6.07) is 5.78. The van der Waals surface area contributed by atoms with E-state index in [1.165, 1.54) is 0 Å². The van der Waals surface area contributed by atoms with Gasteiger partial charge in [0.05, 0.1) is 0 Å². The molecule has 0 saturated heterocycles. The van der Waals surface area contributed by atoms with E-state index < -0.39 is 0 Å². The molecule has 0 atom stereocenters. The molecule has 4 heteroatoms. The molecule has 0 radical (unpaired) electrons. The van der Waals surface area contributed by atoms with E-state index in [4.69, 9.17) is 9.47 Å². The van der Waals surface area contributed by atoms with Crippen molar-refractivity contribution < 1.29 is 14.3 Å². The second kappa shape index (κ2) is 8.57. The van der Waals surface area contributed by atoms with E-state index >= 15 is 0 Å². The average molecular weight is 329 g/mol. The van der Waals surface area contributed by atoms with Crippen molar-refractivity contribution in [2.75, 3.05) is 19.9 Å². The van der Waals surface area contributed by atoms with Crippen LogP contribution in [0.4, 0.5) is 0 Å².